The fourth-order valence-corrected chi connectivity index (χ4v) is 2.38. The van der Waals surface area contributed by atoms with E-state index < -0.39 is 6.10 Å². The minimum absolute atomic E-state index is 0. The predicted molar refractivity (Wildman–Crippen MR) is 102 cm³/mol. The Morgan fingerprint density at radius 2 is 1.71 bits per heavy atom. The molecule has 2 unspecified atom stereocenters. The van der Waals surface area contributed by atoms with Crippen LogP contribution in [0.4, 0.5) is 0 Å². The van der Waals surface area contributed by atoms with E-state index in [2.05, 4.69) is 43.4 Å². The Hall–Kier alpha value is -1.26. The second-order valence-corrected chi connectivity index (χ2v) is 6.08. The van der Waals surface area contributed by atoms with Crippen molar-refractivity contribution in [3.05, 3.63) is 64.7 Å². The lowest BCUT2D eigenvalue weighted by molar-refractivity contribution is 0.104. The lowest BCUT2D eigenvalue weighted by Gasteiger charge is -2.18. The summed E-state index contributed by atoms with van der Waals surface area (Å²) < 4.78 is 5.54. The molecule has 0 saturated heterocycles. The number of halogens is 2. The molecule has 5 heteroatoms. The molecule has 0 fully saturated rings. The number of aliphatic hydroxyl groups excluding tert-OH is 1. The Balaban J connectivity index is 0.00000288. The number of ether oxygens (including phenoxy) is 1. The summed E-state index contributed by atoms with van der Waals surface area (Å²) in [5.41, 5.74) is 2.55. The topological polar surface area (TPSA) is 41.5 Å². The van der Waals surface area contributed by atoms with Crippen molar-refractivity contribution in [2.24, 2.45) is 0 Å². The van der Waals surface area contributed by atoms with E-state index in [1.54, 1.807) is 24.3 Å². The fraction of sp³-hybridized carbons (Fsp3) is 0.368. The molecule has 0 aliphatic carbocycles. The summed E-state index contributed by atoms with van der Waals surface area (Å²) in [6, 6.07) is 15.9. The molecule has 0 aliphatic heterocycles. The van der Waals surface area contributed by atoms with Gasteiger partial charge in [-0.2, -0.15) is 0 Å². The molecule has 0 aromatic heterocycles. The third kappa shape index (κ3) is 6.70. The van der Waals surface area contributed by atoms with Gasteiger partial charge in [0.05, 0.1) is 0 Å². The highest BCUT2D eigenvalue weighted by Crippen LogP contribution is 2.16. The normalized spacial score (nSPS) is 13.0. The fourth-order valence-electron chi connectivity index (χ4n) is 2.25. The number of rotatable bonds is 8. The lowest BCUT2D eigenvalue weighted by Crippen LogP contribution is -2.33. The van der Waals surface area contributed by atoms with Crippen molar-refractivity contribution in [3.63, 3.8) is 0 Å². The first-order valence-electron chi connectivity index (χ1n) is 7.97. The average molecular weight is 370 g/mol. The van der Waals surface area contributed by atoms with Gasteiger partial charge in [0, 0.05) is 17.6 Å². The van der Waals surface area contributed by atoms with E-state index in [0.717, 1.165) is 6.42 Å². The van der Waals surface area contributed by atoms with Gasteiger partial charge >= 0.3 is 0 Å². The number of nitrogens with one attached hydrogen (secondary N) is 1. The van der Waals surface area contributed by atoms with Gasteiger partial charge in [-0.25, -0.2) is 0 Å². The average Bonchev–Trinajstić information content (AvgIpc) is 2.59. The van der Waals surface area contributed by atoms with Gasteiger partial charge in [0.25, 0.3) is 0 Å². The molecule has 0 bridgehead atoms. The van der Waals surface area contributed by atoms with Crippen molar-refractivity contribution >= 4 is 24.0 Å². The molecule has 2 atom stereocenters. The van der Waals surface area contributed by atoms with Gasteiger partial charge in [-0.1, -0.05) is 42.8 Å². The standard InChI is InChI=1S/C19H24ClNO2.ClH/c1-3-15-4-6-16(7-5-15)14(2)21-12-18(22)13-23-19-10-8-17(20)9-11-19;/h4-11,14,18,21-22H,3,12-13H2,1-2H3;1H. The number of aliphatic hydroxyl groups is 1. The zero-order chi connectivity index (χ0) is 16.7. The van der Waals surface area contributed by atoms with Crippen LogP contribution in [0, 0.1) is 0 Å². The van der Waals surface area contributed by atoms with Gasteiger partial charge in [-0.05, 0) is 48.7 Å². The molecule has 132 valence electrons. The van der Waals surface area contributed by atoms with Crippen molar-refractivity contribution in [3.8, 4) is 5.75 Å². The van der Waals surface area contributed by atoms with Crippen LogP contribution in [0.5, 0.6) is 5.75 Å². The van der Waals surface area contributed by atoms with Crippen LogP contribution in [0.2, 0.25) is 5.02 Å². The number of benzene rings is 2. The van der Waals surface area contributed by atoms with Crippen LogP contribution in [-0.2, 0) is 6.42 Å². The minimum atomic E-state index is -0.567. The van der Waals surface area contributed by atoms with Crippen LogP contribution in [0.25, 0.3) is 0 Å². The van der Waals surface area contributed by atoms with Crippen LogP contribution >= 0.6 is 24.0 Å². The molecule has 2 rings (SSSR count). The van der Waals surface area contributed by atoms with E-state index in [0.29, 0.717) is 17.3 Å². The van der Waals surface area contributed by atoms with Crippen LogP contribution in [-0.4, -0.2) is 24.4 Å². The quantitative estimate of drug-likeness (QED) is 0.723. The molecule has 3 nitrogen and oxygen atoms in total. The van der Waals surface area contributed by atoms with Crippen LogP contribution < -0.4 is 10.1 Å². The third-order valence-corrected chi connectivity index (χ3v) is 4.06. The second-order valence-electron chi connectivity index (χ2n) is 5.64. The summed E-state index contributed by atoms with van der Waals surface area (Å²) in [5.74, 6) is 0.705. The lowest BCUT2D eigenvalue weighted by atomic mass is 10.0. The Bertz CT molecular complexity index is 587. The number of hydrogen-bond donors (Lipinski definition) is 2. The van der Waals surface area contributed by atoms with Gasteiger partial charge in [-0.3, -0.25) is 0 Å². The highest BCUT2D eigenvalue weighted by atomic mass is 35.5. The highest BCUT2D eigenvalue weighted by Gasteiger charge is 2.09. The first-order chi connectivity index (χ1) is 11.1. The van der Waals surface area contributed by atoms with Gasteiger partial charge in [0.15, 0.2) is 0 Å². The van der Waals surface area contributed by atoms with Crippen molar-refractivity contribution in [2.75, 3.05) is 13.2 Å². The first-order valence-corrected chi connectivity index (χ1v) is 8.35. The zero-order valence-corrected chi connectivity index (χ0v) is 15.6. The summed E-state index contributed by atoms with van der Waals surface area (Å²) in [5, 5.41) is 14.0. The summed E-state index contributed by atoms with van der Waals surface area (Å²) in [7, 11) is 0. The Morgan fingerprint density at radius 1 is 1.08 bits per heavy atom. The van der Waals surface area contributed by atoms with Crippen LogP contribution in [0.1, 0.15) is 31.0 Å². The molecule has 0 amide bonds. The SMILES string of the molecule is CCc1ccc(C(C)NCC(O)COc2ccc(Cl)cc2)cc1.Cl. The summed E-state index contributed by atoms with van der Waals surface area (Å²) >= 11 is 5.82. The third-order valence-electron chi connectivity index (χ3n) is 3.80. The van der Waals surface area contributed by atoms with E-state index >= 15 is 0 Å². The van der Waals surface area contributed by atoms with E-state index in [9.17, 15) is 5.11 Å². The molecular weight excluding hydrogens is 345 g/mol. The number of aryl methyl sites for hydroxylation is 1. The smallest absolute Gasteiger partial charge is 0.119 e. The summed E-state index contributed by atoms with van der Waals surface area (Å²) in [6.07, 6.45) is 0.478. The molecule has 24 heavy (non-hydrogen) atoms. The minimum Gasteiger partial charge on any atom is -0.491 e. The molecule has 0 heterocycles. The van der Waals surface area contributed by atoms with Crippen molar-refractivity contribution < 1.29 is 9.84 Å². The Kier molecular flexibility index (Phi) is 9.16. The monoisotopic (exact) mass is 369 g/mol. The molecule has 0 spiro atoms. The maximum Gasteiger partial charge on any atom is 0.119 e. The van der Waals surface area contributed by atoms with E-state index in [1.807, 2.05) is 0 Å². The highest BCUT2D eigenvalue weighted by molar-refractivity contribution is 6.30. The van der Waals surface area contributed by atoms with Gasteiger partial charge in [0.1, 0.15) is 18.5 Å². The van der Waals surface area contributed by atoms with E-state index in [-0.39, 0.29) is 25.1 Å². The van der Waals surface area contributed by atoms with Gasteiger partial charge < -0.3 is 15.2 Å². The molecular formula is C19H25Cl2NO2. The zero-order valence-electron chi connectivity index (χ0n) is 14.0. The second kappa shape index (κ2) is 10.6. The van der Waals surface area contributed by atoms with Crippen molar-refractivity contribution in [2.45, 2.75) is 32.4 Å². The molecule has 0 aliphatic rings. The van der Waals surface area contributed by atoms with Crippen molar-refractivity contribution in [1.29, 1.82) is 0 Å². The molecule has 2 aromatic rings. The summed E-state index contributed by atoms with van der Waals surface area (Å²) in [4.78, 5) is 0. The van der Waals surface area contributed by atoms with Crippen molar-refractivity contribution in [1.82, 2.24) is 5.32 Å². The first kappa shape index (κ1) is 20.8. The molecule has 2 aromatic carbocycles. The molecule has 0 saturated carbocycles. The predicted octanol–water partition coefficient (Wildman–Crippen LogP) is 4.41. The number of hydrogen-bond acceptors (Lipinski definition) is 3. The Morgan fingerprint density at radius 3 is 2.29 bits per heavy atom. The maximum absolute atomic E-state index is 10.0. The van der Waals surface area contributed by atoms with Gasteiger partial charge in [0.2, 0.25) is 0 Å². The molecule has 2 N–H and O–H groups in total. The maximum atomic E-state index is 10.0. The largest absolute Gasteiger partial charge is 0.491 e. The molecule has 0 radical (unpaired) electrons. The Labute approximate surface area is 155 Å². The van der Waals surface area contributed by atoms with Gasteiger partial charge in [-0.15, -0.1) is 12.4 Å². The summed E-state index contributed by atoms with van der Waals surface area (Å²) in [6.45, 7) is 4.96. The van der Waals surface area contributed by atoms with Crippen LogP contribution in [0.3, 0.4) is 0 Å². The van der Waals surface area contributed by atoms with E-state index in [1.165, 1.54) is 11.1 Å². The van der Waals surface area contributed by atoms with E-state index in [4.69, 9.17) is 16.3 Å². The van der Waals surface area contributed by atoms with Crippen LogP contribution in [0.15, 0.2) is 48.5 Å².